The predicted molar refractivity (Wildman–Crippen MR) is 45.8 cm³/mol. The highest BCUT2D eigenvalue weighted by Gasteiger charge is 1.96. The highest BCUT2D eigenvalue weighted by atomic mass is 16.1. The van der Waals surface area contributed by atoms with E-state index in [9.17, 15) is 4.79 Å². The van der Waals surface area contributed by atoms with Crippen molar-refractivity contribution in [3.8, 4) is 0 Å². The van der Waals surface area contributed by atoms with Gasteiger partial charge in [0.1, 0.15) is 6.29 Å². The maximum absolute atomic E-state index is 10.4. The fourth-order valence-corrected chi connectivity index (χ4v) is 0.853. The molecule has 56 valence electrons. The minimum atomic E-state index is 0.676. The normalized spacial score (nSPS) is 9.18. The molecule has 1 rings (SSSR count). The van der Waals surface area contributed by atoms with Crippen molar-refractivity contribution in [3.63, 3.8) is 0 Å². The molecule has 0 heterocycles. The van der Waals surface area contributed by atoms with Gasteiger partial charge in [-0.15, -0.1) is 0 Å². The predicted octanol–water partition coefficient (Wildman–Crippen LogP) is 2.14. The fraction of sp³-hybridized carbons (Fsp3) is 0.111. The molecule has 11 heavy (non-hydrogen) atoms. The van der Waals surface area contributed by atoms with Gasteiger partial charge >= 0.3 is 0 Å². The summed E-state index contributed by atoms with van der Waals surface area (Å²) in [4.78, 5) is 14.1. The van der Waals surface area contributed by atoms with Crippen LogP contribution in [0.5, 0.6) is 0 Å². The van der Waals surface area contributed by atoms with Crippen LogP contribution < -0.4 is 0 Å². The average Bonchev–Trinajstić information content (AvgIpc) is 2.05. The Hall–Kier alpha value is -1.44. The summed E-state index contributed by atoms with van der Waals surface area (Å²) in [5.41, 5.74) is 2.38. The smallest absolute Gasteiger partial charge is 0.150 e. The van der Waals surface area contributed by atoms with Gasteiger partial charge in [-0.1, -0.05) is 6.07 Å². The van der Waals surface area contributed by atoms with E-state index < -0.39 is 0 Å². The number of carbonyl (C=O) groups is 1. The Labute approximate surface area is 65.6 Å². The van der Waals surface area contributed by atoms with Gasteiger partial charge in [-0.05, 0) is 31.3 Å². The lowest BCUT2D eigenvalue weighted by atomic mass is 10.1. The molecule has 1 aromatic rings. The van der Waals surface area contributed by atoms with Crippen LogP contribution in [0.4, 0.5) is 5.69 Å². The van der Waals surface area contributed by atoms with E-state index in [4.69, 9.17) is 0 Å². The summed E-state index contributed by atoms with van der Waals surface area (Å²) < 4.78 is 0. The summed E-state index contributed by atoms with van der Waals surface area (Å²) in [5.74, 6) is 0. The van der Waals surface area contributed by atoms with Crippen molar-refractivity contribution in [1.82, 2.24) is 0 Å². The van der Waals surface area contributed by atoms with Crippen LogP contribution in [0.2, 0.25) is 0 Å². The Morgan fingerprint density at radius 2 is 2.27 bits per heavy atom. The van der Waals surface area contributed by atoms with Crippen LogP contribution in [0.15, 0.2) is 23.2 Å². The van der Waals surface area contributed by atoms with Crippen molar-refractivity contribution in [3.05, 3.63) is 29.3 Å². The molecule has 2 nitrogen and oxygen atoms in total. The molecule has 2 heteroatoms. The van der Waals surface area contributed by atoms with Gasteiger partial charge < -0.3 is 0 Å². The highest BCUT2D eigenvalue weighted by molar-refractivity contribution is 5.79. The van der Waals surface area contributed by atoms with Crippen molar-refractivity contribution in [1.29, 1.82) is 0 Å². The Morgan fingerprint density at radius 1 is 1.55 bits per heavy atom. The lowest BCUT2D eigenvalue weighted by molar-refractivity contribution is 0.112. The molecule has 0 amide bonds. The summed E-state index contributed by atoms with van der Waals surface area (Å²) in [6, 6.07) is 5.40. The molecule has 0 atom stereocenters. The molecule has 0 aliphatic carbocycles. The number of hydrogen-bond donors (Lipinski definition) is 0. The molecular weight excluding hydrogens is 138 g/mol. The molecule has 0 unspecified atom stereocenters. The Balaban J connectivity index is 3.22. The second-order valence-electron chi connectivity index (χ2n) is 2.32. The number of rotatable bonds is 2. The van der Waals surface area contributed by atoms with Gasteiger partial charge in [-0.3, -0.25) is 9.79 Å². The van der Waals surface area contributed by atoms with Gasteiger partial charge in [-0.25, -0.2) is 0 Å². The number of benzene rings is 1. The van der Waals surface area contributed by atoms with Crippen LogP contribution in [0.3, 0.4) is 0 Å². The number of nitrogens with zero attached hydrogens (tertiary/aromatic N) is 1. The highest BCUT2D eigenvalue weighted by Crippen LogP contribution is 2.15. The molecule has 0 saturated heterocycles. The number of carbonyl (C=O) groups excluding carboxylic acids is 1. The van der Waals surface area contributed by atoms with Crippen LogP contribution in [-0.4, -0.2) is 13.0 Å². The van der Waals surface area contributed by atoms with Gasteiger partial charge in [0.2, 0.25) is 0 Å². The van der Waals surface area contributed by atoms with Crippen LogP contribution in [0, 0.1) is 6.92 Å². The number of hydrogen-bond acceptors (Lipinski definition) is 2. The van der Waals surface area contributed by atoms with Gasteiger partial charge in [0, 0.05) is 5.56 Å². The first-order chi connectivity index (χ1) is 5.27. The van der Waals surface area contributed by atoms with E-state index in [1.54, 1.807) is 6.07 Å². The minimum Gasteiger partial charge on any atom is -0.298 e. The molecular formula is C9H9NO. The zero-order valence-corrected chi connectivity index (χ0v) is 6.37. The quantitative estimate of drug-likeness (QED) is 0.465. The average molecular weight is 147 g/mol. The van der Waals surface area contributed by atoms with Crippen molar-refractivity contribution in [2.45, 2.75) is 6.92 Å². The van der Waals surface area contributed by atoms with Gasteiger partial charge in [0.25, 0.3) is 0 Å². The molecule has 0 fully saturated rings. The second kappa shape index (κ2) is 3.10. The lowest BCUT2D eigenvalue weighted by Gasteiger charge is -1.97. The summed E-state index contributed by atoms with van der Waals surface area (Å²) in [6.07, 6.45) is 0.823. The zero-order chi connectivity index (χ0) is 8.27. The van der Waals surface area contributed by atoms with Crippen molar-refractivity contribution < 1.29 is 4.79 Å². The van der Waals surface area contributed by atoms with Crippen LogP contribution in [0.1, 0.15) is 15.9 Å². The zero-order valence-electron chi connectivity index (χ0n) is 6.37. The van der Waals surface area contributed by atoms with Crippen molar-refractivity contribution in [2.75, 3.05) is 0 Å². The maximum atomic E-state index is 10.4. The topological polar surface area (TPSA) is 29.4 Å². The third kappa shape index (κ3) is 1.52. The molecule has 0 aliphatic heterocycles. The van der Waals surface area contributed by atoms with E-state index in [2.05, 4.69) is 11.7 Å². The first-order valence-electron chi connectivity index (χ1n) is 3.30. The Morgan fingerprint density at radius 3 is 2.82 bits per heavy atom. The van der Waals surface area contributed by atoms with E-state index in [0.717, 1.165) is 17.5 Å². The van der Waals surface area contributed by atoms with E-state index in [0.29, 0.717) is 5.56 Å². The Kier molecular flexibility index (Phi) is 2.16. The molecule has 0 saturated carbocycles. The van der Waals surface area contributed by atoms with Crippen LogP contribution >= 0.6 is 0 Å². The number of aryl methyl sites for hydroxylation is 1. The lowest BCUT2D eigenvalue weighted by Crippen LogP contribution is -1.83. The summed E-state index contributed by atoms with van der Waals surface area (Å²) >= 11 is 0. The molecule has 0 bridgehead atoms. The summed E-state index contributed by atoms with van der Waals surface area (Å²) in [7, 11) is 0. The molecule has 0 aliphatic rings. The largest absolute Gasteiger partial charge is 0.298 e. The van der Waals surface area contributed by atoms with Crippen LogP contribution in [-0.2, 0) is 0 Å². The first kappa shape index (κ1) is 7.66. The summed E-state index contributed by atoms with van der Waals surface area (Å²) in [5, 5.41) is 0. The van der Waals surface area contributed by atoms with Crippen molar-refractivity contribution >= 4 is 18.7 Å². The number of aldehydes is 1. The molecule has 0 N–H and O–H groups in total. The van der Waals surface area contributed by atoms with E-state index in [1.807, 2.05) is 19.1 Å². The van der Waals surface area contributed by atoms with E-state index in [-0.39, 0.29) is 0 Å². The SMILES string of the molecule is C=Nc1ccc(C)c(C=O)c1. The fourth-order valence-electron chi connectivity index (χ4n) is 0.853. The van der Waals surface area contributed by atoms with E-state index >= 15 is 0 Å². The summed E-state index contributed by atoms with van der Waals surface area (Å²) in [6.45, 7) is 5.26. The molecule has 0 radical (unpaired) electrons. The minimum absolute atomic E-state index is 0.676. The monoisotopic (exact) mass is 147 g/mol. The standard InChI is InChI=1S/C9H9NO/c1-7-3-4-9(10-2)5-8(7)6-11/h3-6H,2H2,1H3. The first-order valence-corrected chi connectivity index (χ1v) is 3.30. The van der Waals surface area contributed by atoms with Gasteiger partial charge in [0.05, 0.1) is 5.69 Å². The maximum Gasteiger partial charge on any atom is 0.150 e. The molecule has 0 spiro atoms. The van der Waals surface area contributed by atoms with E-state index in [1.165, 1.54) is 0 Å². The van der Waals surface area contributed by atoms with Crippen LogP contribution in [0.25, 0.3) is 0 Å². The molecule has 1 aromatic carbocycles. The van der Waals surface area contributed by atoms with Gasteiger partial charge in [0.15, 0.2) is 0 Å². The molecule has 0 aromatic heterocycles. The third-order valence-electron chi connectivity index (χ3n) is 1.57. The van der Waals surface area contributed by atoms with Crippen molar-refractivity contribution in [2.24, 2.45) is 4.99 Å². The van der Waals surface area contributed by atoms with Gasteiger partial charge in [-0.2, -0.15) is 0 Å². The Bertz CT molecular complexity index is 292. The third-order valence-corrected chi connectivity index (χ3v) is 1.57. The second-order valence-corrected chi connectivity index (χ2v) is 2.32. The number of aliphatic imine (C=N–C) groups is 1.